The number of hydrogen-bond donors (Lipinski definition) is 1. The Labute approximate surface area is 173 Å². The summed E-state index contributed by atoms with van der Waals surface area (Å²) in [5.74, 6) is 0.762. The van der Waals surface area contributed by atoms with Gasteiger partial charge in [0.25, 0.3) is 0 Å². The van der Waals surface area contributed by atoms with E-state index in [4.69, 9.17) is 13.9 Å². The molecule has 11 heteroatoms. The molecule has 0 aliphatic carbocycles. The first-order valence-corrected chi connectivity index (χ1v) is 12.2. The molecule has 3 rings (SSSR count). The molecule has 0 amide bonds. The van der Waals surface area contributed by atoms with Crippen LogP contribution in [0.4, 0.5) is 0 Å². The lowest BCUT2D eigenvalue weighted by Crippen LogP contribution is -2.31. The number of nitrogens with one attached hydrogen (secondary N) is 1. The zero-order chi connectivity index (χ0) is 21.1. The molecule has 0 saturated heterocycles. The van der Waals surface area contributed by atoms with Gasteiger partial charge in [-0.1, -0.05) is 6.07 Å². The van der Waals surface area contributed by atoms with Crippen LogP contribution in [0.15, 0.2) is 67.6 Å². The number of hydrogen-bond acceptors (Lipinski definition) is 8. The first-order chi connectivity index (χ1) is 13.8. The maximum Gasteiger partial charge on any atom is 0.240 e. The fourth-order valence-electron chi connectivity index (χ4n) is 2.66. The number of sulfonamides is 1. The molecule has 0 saturated carbocycles. The fraction of sp³-hybridized carbons (Fsp3) is 0.222. The van der Waals surface area contributed by atoms with Crippen molar-refractivity contribution in [3.05, 3.63) is 59.9 Å². The molecule has 1 atom stereocenters. The van der Waals surface area contributed by atoms with E-state index in [1.54, 1.807) is 17.5 Å². The van der Waals surface area contributed by atoms with Crippen molar-refractivity contribution in [3.8, 4) is 11.5 Å². The van der Waals surface area contributed by atoms with Crippen LogP contribution in [-0.4, -0.2) is 37.6 Å². The Hall–Kier alpha value is -2.34. The van der Waals surface area contributed by atoms with Crippen LogP contribution in [-0.2, 0) is 19.9 Å². The summed E-state index contributed by atoms with van der Waals surface area (Å²) in [6.45, 7) is -0.398. The second-order valence-electron chi connectivity index (χ2n) is 5.85. The van der Waals surface area contributed by atoms with Crippen molar-refractivity contribution < 1.29 is 30.7 Å². The van der Waals surface area contributed by atoms with Gasteiger partial charge in [-0.3, -0.25) is 0 Å². The Balaban J connectivity index is 1.90. The van der Waals surface area contributed by atoms with Crippen LogP contribution in [0, 0.1) is 0 Å². The number of thiophene rings is 1. The zero-order valence-corrected chi connectivity index (χ0v) is 18.0. The van der Waals surface area contributed by atoms with Crippen molar-refractivity contribution in [1.82, 2.24) is 4.72 Å². The number of benzene rings is 1. The summed E-state index contributed by atoms with van der Waals surface area (Å²) in [6, 6.07) is 10.2. The standard InChI is InChI=1S/C18H19NO7S3/c1-24-14-8-7-13(11-16(14)25-2)29(22,23)19-12-17(15-5-3-9-26-15)28(20,21)18-6-4-10-27-18/h3-11,17,19H,12H2,1-2H3/t17-/m1/s1. The molecule has 1 N–H and O–H groups in total. The smallest absolute Gasteiger partial charge is 0.240 e. The molecular formula is C18H19NO7S3. The highest BCUT2D eigenvalue weighted by molar-refractivity contribution is 7.93. The normalized spacial score (nSPS) is 13.2. The van der Waals surface area contributed by atoms with Crippen LogP contribution < -0.4 is 14.2 Å². The van der Waals surface area contributed by atoms with Gasteiger partial charge in [-0.25, -0.2) is 21.6 Å². The van der Waals surface area contributed by atoms with E-state index in [-0.39, 0.29) is 20.6 Å². The average Bonchev–Trinajstić information content (AvgIpc) is 3.41. The summed E-state index contributed by atoms with van der Waals surface area (Å²) in [6.07, 6.45) is 1.34. The second kappa shape index (κ2) is 8.57. The average molecular weight is 458 g/mol. The van der Waals surface area contributed by atoms with Crippen LogP contribution in [0.1, 0.15) is 11.0 Å². The van der Waals surface area contributed by atoms with Gasteiger partial charge in [0, 0.05) is 12.6 Å². The van der Waals surface area contributed by atoms with E-state index < -0.39 is 31.7 Å². The van der Waals surface area contributed by atoms with E-state index in [1.807, 2.05) is 0 Å². The fourth-order valence-corrected chi connectivity index (χ4v) is 6.61. The van der Waals surface area contributed by atoms with Crippen molar-refractivity contribution in [1.29, 1.82) is 0 Å². The van der Waals surface area contributed by atoms with E-state index in [9.17, 15) is 16.8 Å². The van der Waals surface area contributed by atoms with Gasteiger partial charge in [0.1, 0.15) is 15.2 Å². The van der Waals surface area contributed by atoms with Gasteiger partial charge in [0.05, 0.1) is 25.4 Å². The first kappa shape index (κ1) is 21.4. The third-order valence-electron chi connectivity index (χ3n) is 4.13. The topological polar surface area (TPSA) is 112 Å². The van der Waals surface area contributed by atoms with Crippen LogP contribution in [0.5, 0.6) is 11.5 Å². The van der Waals surface area contributed by atoms with E-state index >= 15 is 0 Å². The second-order valence-corrected chi connectivity index (χ2v) is 10.9. The summed E-state index contributed by atoms with van der Waals surface area (Å²) in [5.41, 5.74) is 0. The van der Waals surface area contributed by atoms with Crippen molar-refractivity contribution in [2.75, 3.05) is 20.8 Å². The molecule has 2 aromatic heterocycles. The van der Waals surface area contributed by atoms with Crippen LogP contribution in [0.25, 0.3) is 0 Å². The Kier molecular flexibility index (Phi) is 6.32. The predicted molar refractivity (Wildman–Crippen MR) is 108 cm³/mol. The number of rotatable bonds is 9. The Morgan fingerprint density at radius 1 is 1.03 bits per heavy atom. The molecule has 0 aliphatic rings. The molecule has 2 heterocycles. The Morgan fingerprint density at radius 3 is 2.38 bits per heavy atom. The maximum absolute atomic E-state index is 13.0. The zero-order valence-electron chi connectivity index (χ0n) is 15.6. The van der Waals surface area contributed by atoms with Crippen LogP contribution in [0.3, 0.4) is 0 Å². The van der Waals surface area contributed by atoms with Crippen molar-refractivity contribution >= 4 is 31.2 Å². The minimum absolute atomic E-state index is 0.0816. The summed E-state index contributed by atoms with van der Waals surface area (Å²) in [4.78, 5) is -0.0816. The minimum Gasteiger partial charge on any atom is -0.493 e. The van der Waals surface area contributed by atoms with E-state index in [2.05, 4.69) is 4.72 Å². The summed E-state index contributed by atoms with van der Waals surface area (Å²) in [7, 11) is -5.05. The molecule has 0 unspecified atom stereocenters. The first-order valence-electron chi connectivity index (χ1n) is 8.32. The lowest BCUT2D eigenvalue weighted by Gasteiger charge is -2.16. The highest BCUT2D eigenvalue weighted by Crippen LogP contribution is 2.33. The number of methoxy groups -OCH3 is 2. The molecular weight excluding hydrogens is 438 g/mol. The highest BCUT2D eigenvalue weighted by Gasteiger charge is 2.33. The van der Waals surface area contributed by atoms with Gasteiger partial charge in [-0.05, 0) is 35.7 Å². The molecule has 3 aromatic rings. The molecule has 0 spiro atoms. The Morgan fingerprint density at radius 2 is 1.79 bits per heavy atom. The van der Waals surface area contributed by atoms with Gasteiger partial charge in [0.2, 0.25) is 10.0 Å². The maximum atomic E-state index is 13.0. The van der Waals surface area contributed by atoms with Crippen molar-refractivity contribution in [2.24, 2.45) is 0 Å². The SMILES string of the molecule is COc1ccc(S(=O)(=O)NC[C@H](c2ccco2)S(=O)(=O)c2cccs2)cc1OC. The van der Waals surface area contributed by atoms with E-state index in [0.717, 1.165) is 11.3 Å². The van der Waals surface area contributed by atoms with Gasteiger partial charge in [0.15, 0.2) is 21.3 Å². The van der Waals surface area contributed by atoms with E-state index in [1.165, 1.54) is 50.8 Å². The third-order valence-corrected chi connectivity index (χ3v) is 9.05. The highest BCUT2D eigenvalue weighted by atomic mass is 32.2. The predicted octanol–water partition coefficient (Wildman–Crippen LogP) is 2.85. The van der Waals surface area contributed by atoms with Gasteiger partial charge in [-0.15, -0.1) is 11.3 Å². The molecule has 8 nitrogen and oxygen atoms in total. The van der Waals surface area contributed by atoms with Crippen molar-refractivity contribution in [3.63, 3.8) is 0 Å². The lowest BCUT2D eigenvalue weighted by atomic mass is 10.3. The van der Waals surface area contributed by atoms with Gasteiger partial charge >= 0.3 is 0 Å². The van der Waals surface area contributed by atoms with E-state index in [0.29, 0.717) is 5.75 Å². The lowest BCUT2D eigenvalue weighted by molar-refractivity contribution is 0.354. The summed E-state index contributed by atoms with van der Waals surface area (Å²) >= 11 is 1.06. The molecule has 0 fully saturated rings. The van der Waals surface area contributed by atoms with Crippen molar-refractivity contribution in [2.45, 2.75) is 14.4 Å². The molecule has 0 aliphatic heterocycles. The quantitative estimate of drug-likeness (QED) is 0.526. The summed E-state index contributed by atoms with van der Waals surface area (Å²) < 4.78 is 69.5. The molecule has 156 valence electrons. The third kappa shape index (κ3) is 4.47. The molecule has 0 radical (unpaired) electrons. The summed E-state index contributed by atoms with van der Waals surface area (Å²) in [5, 5.41) is 0.422. The molecule has 29 heavy (non-hydrogen) atoms. The largest absolute Gasteiger partial charge is 0.493 e. The Bertz CT molecular complexity index is 1150. The van der Waals surface area contributed by atoms with Crippen LogP contribution >= 0.6 is 11.3 Å². The number of sulfone groups is 1. The van der Waals surface area contributed by atoms with Crippen LogP contribution in [0.2, 0.25) is 0 Å². The van der Waals surface area contributed by atoms with Gasteiger partial charge < -0.3 is 13.9 Å². The monoisotopic (exact) mass is 457 g/mol. The van der Waals surface area contributed by atoms with Gasteiger partial charge in [-0.2, -0.15) is 0 Å². The molecule has 0 bridgehead atoms. The number of furan rings is 1. The number of ether oxygens (including phenoxy) is 2. The minimum atomic E-state index is -4.02. The molecule has 1 aromatic carbocycles.